The predicted molar refractivity (Wildman–Crippen MR) is 47.7 cm³/mol. The third-order valence-electron chi connectivity index (χ3n) is 3.44. The summed E-state index contributed by atoms with van der Waals surface area (Å²) in [6.45, 7) is 0. The second-order valence-corrected chi connectivity index (χ2v) is 4.11. The monoisotopic (exact) mass is 196 g/mol. The molecule has 3 rings (SSSR count). The van der Waals surface area contributed by atoms with Gasteiger partial charge in [-0.1, -0.05) is 12.2 Å². The minimum absolute atomic E-state index is 0.132. The molecule has 2 N–H and O–H groups in total. The highest BCUT2D eigenvalue weighted by molar-refractivity contribution is 5.99. The van der Waals surface area contributed by atoms with Gasteiger partial charge in [-0.3, -0.25) is 9.59 Å². The molecule has 2 unspecified atom stereocenters. The smallest absolute Gasteiger partial charge is 0.321 e. The van der Waals surface area contributed by atoms with Crippen LogP contribution >= 0.6 is 0 Å². The molecule has 0 aliphatic heterocycles. The van der Waals surface area contributed by atoms with Crippen LogP contribution in [-0.2, 0) is 9.59 Å². The molecule has 4 heteroatoms. The van der Waals surface area contributed by atoms with Crippen LogP contribution in [0.5, 0.6) is 0 Å². The van der Waals surface area contributed by atoms with Crippen LogP contribution in [0.1, 0.15) is 19.3 Å². The van der Waals surface area contributed by atoms with E-state index >= 15 is 0 Å². The molecule has 1 fully saturated rings. The van der Waals surface area contributed by atoms with E-state index in [1.807, 2.05) is 6.08 Å². The van der Waals surface area contributed by atoms with Crippen LogP contribution in [0.15, 0.2) is 12.2 Å². The van der Waals surface area contributed by atoms with E-state index in [9.17, 15) is 9.59 Å². The number of carboxylic acids is 2. The van der Waals surface area contributed by atoms with Crippen molar-refractivity contribution in [2.24, 2.45) is 17.3 Å². The number of aliphatic carboxylic acids is 2. The van der Waals surface area contributed by atoms with Crippen molar-refractivity contribution < 1.29 is 19.8 Å². The summed E-state index contributed by atoms with van der Waals surface area (Å²) < 4.78 is 0. The van der Waals surface area contributed by atoms with Gasteiger partial charge in [0.05, 0.1) is 0 Å². The maximum atomic E-state index is 11.1. The maximum absolute atomic E-state index is 11.1. The number of allylic oxidation sites excluding steroid dienone is 2. The maximum Gasteiger partial charge on any atom is 0.321 e. The highest BCUT2D eigenvalue weighted by Crippen LogP contribution is 2.49. The molecule has 3 aliphatic rings. The van der Waals surface area contributed by atoms with Gasteiger partial charge in [-0.2, -0.15) is 0 Å². The normalized spacial score (nSPS) is 32.9. The van der Waals surface area contributed by atoms with Crippen molar-refractivity contribution >= 4 is 11.9 Å². The van der Waals surface area contributed by atoms with Gasteiger partial charge in [-0.05, 0) is 25.2 Å². The summed E-state index contributed by atoms with van der Waals surface area (Å²) in [5, 5.41) is 18.1. The van der Waals surface area contributed by atoms with Gasteiger partial charge in [0.2, 0.25) is 0 Å². The first-order valence-electron chi connectivity index (χ1n) is 4.72. The first kappa shape index (κ1) is 9.24. The molecule has 76 valence electrons. The molecule has 0 saturated heterocycles. The summed E-state index contributed by atoms with van der Waals surface area (Å²) in [6, 6.07) is 0. The summed E-state index contributed by atoms with van der Waals surface area (Å²) in [6.07, 6.45) is 5.57. The van der Waals surface area contributed by atoms with Gasteiger partial charge < -0.3 is 10.2 Å². The lowest BCUT2D eigenvalue weighted by Gasteiger charge is -2.42. The topological polar surface area (TPSA) is 74.6 Å². The van der Waals surface area contributed by atoms with Gasteiger partial charge in [0.25, 0.3) is 0 Å². The third-order valence-corrected chi connectivity index (χ3v) is 3.44. The molecule has 0 spiro atoms. The highest BCUT2D eigenvalue weighted by atomic mass is 16.4. The number of hydrogen-bond donors (Lipinski definition) is 2. The Hall–Kier alpha value is -1.32. The molecule has 0 radical (unpaired) electrons. The standard InChI is InChI=1S/C10H12O4/c11-8(12)10(9(13)14)5-6-1-3-7(10)4-2-6/h1,3,6-7H,2,4-5H2,(H,11,12)(H,13,14). The molecule has 2 atom stereocenters. The Labute approximate surface area is 81.2 Å². The summed E-state index contributed by atoms with van der Waals surface area (Å²) >= 11 is 0. The van der Waals surface area contributed by atoms with Crippen molar-refractivity contribution in [3.63, 3.8) is 0 Å². The predicted octanol–water partition coefficient (Wildman–Crippen LogP) is 1.13. The van der Waals surface area contributed by atoms with Crippen LogP contribution in [0.25, 0.3) is 0 Å². The lowest BCUT2D eigenvalue weighted by molar-refractivity contribution is -0.172. The van der Waals surface area contributed by atoms with Crippen LogP contribution in [0.4, 0.5) is 0 Å². The molecule has 0 heterocycles. The molecular formula is C10H12O4. The zero-order valence-electron chi connectivity index (χ0n) is 7.64. The largest absolute Gasteiger partial charge is 0.480 e. The molecule has 0 aromatic heterocycles. The van der Waals surface area contributed by atoms with Crippen molar-refractivity contribution in [1.29, 1.82) is 0 Å². The van der Waals surface area contributed by atoms with Crippen molar-refractivity contribution in [3.05, 3.63) is 12.2 Å². The van der Waals surface area contributed by atoms with Gasteiger partial charge in [0.1, 0.15) is 0 Å². The van der Waals surface area contributed by atoms with E-state index in [0.717, 1.165) is 6.42 Å². The average molecular weight is 196 g/mol. The van der Waals surface area contributed by atoms with Crippen molar-refractivity contribution in [3.8, 4) is 0 Å². The van der Waals surface area contributed by atoms with E-state index in [2.05, 4.69) is 0 Å². The van der Waals surface area contributed by atoms with Crippen molar-refractivity contribution in [2.45, 2.75) is 19.3 Å². The lowest BCUT2D eigenvalue weighted by Crippen LogP contribution is -2.50. The first-order chi connectivity index (χ1) is 6.57. The number of rotatable bonds is 2. The van der Waals surface area contributed by atoms with Gasteiger partial charge in [-0.15, -0.1) is 0 Å². The Bertz CT molecular complexity index is 304. The second-order valence-electron chi connectivity index (χ2n) is 4.11. The first-order valence-corrected chi connectivity index (χ1v) is 4.72. The molecule has 0 amide bonds. The third kappa shape index (κ3) is 0.997. The quantitative estimate of drug-likeness (QED) is 0.512. The van der Waals surface area contributed by atoms with E-state index in [4.69, 9.17) is 10.2 Å². The fourth-order valence-corrected chi connectivity index (χ4v) is 2.61. The van der Waals surface area contributed by atoms with Crippen LogP contribution in [0.3, 0.4) is 0 Å². The Balaban J connectivity index is 2.43. The van der Waals surface area contributed by atoms with E-state index in [-0.39, 0.29) is 18.3 Å². The van der Waals surface area contributed by atoms with E-state index in [0.29, 0.717) is 6.42 Å². The zero-order chi connectivity index (χ0) is 10.3. The van der Waals surface area contributed by atoms with Crippen molar-refractivity contribution in [2.75, 3.05) is 0 Å². The summed E-state index contributed by atoms with van der Waals surface area (Å²) in [5.74, 6) is -2.58. The van der Waals surface area contributed by atoms with Crippen LogP contribution in [-0.4, -0.2) is 22.2 Å². The minimum Gasteiger partial charge on any atom is -0.480 e. The van der Waals surface area contributed by atoms with Crippen LogP contribution in [0, 0.1) is 17.3 Å². The summed E-state index contributed by atoms with van der Waals surface area (Å²) in [4.78, 5) is 22.2. The van der Waals surface area contributed by atoms with Gasteiger partial charge in [-0.25, -0.2) is 0 Å². The van der Waals surface area contributed by atoms with E-state index < -0.39 is 17.4 Å². The number of hydrogen-bond acceptors (Lipinski definition) is 2. The number of fused-ring (bicyclic) bond motifs is 2. The molecule has 2 bridgehead atoms. The van der Waals surface area contributed by atoms with Crippen LogP contribution < -0.4 is 0 Å². The molecule has 3 aliphatic carbocycles. The fraction of sp³-hybridized carbons (Fsp3) is 0.600. The summed E-state index contributed by atoms with van der Waals surface area (Å²) in [7, 11) is 0. The molecule has 14 heavy (non-hydrogen) atoms. The Morgan fingerprint density at radius 2 is 1.79 bits per heavy atom. The molecule has 0 aromatic carbocycles. The Morgan fingerprint density at radius 1 is 1.14 bits per heavy atom. The zero-order valence-corrected chi connectivity index (χ0v) is 7.64. The number of carboxylic acid groups (broad SMARTS) is 2. The van der Waals surface area contributed by atoms with Gasteiger partial charge in [0.15, 0.2) is 5.41 Å². The molecule has 0 aromatic rings. The molecule has 1 saturated carbocycles. The van der Waals surface area contributed by atoms with Crippen molar-refractivity contribution in [1.82, 2.24) is 0 Å². The Morgan fingerprint density at radius 3 is 2.00 bits per heavy atom. The van der Waals surface area contributed by atoms with E-state index in [1.54, 1.807) is 6.08 Å². The average Bonchev–Trinajstić information content (AvgIpc) is 2.18. The van der Waals surface area contributed by atoms with E-state index in [1.165, 1.54) is 0 Å². The van der Waals surface area contributed by atoms with Gasteiger partial charge in [0, 0.05) is 5.92 Å². The summed E-state index contributed by atoms with van der Waals surface area (Å²) in [5.41, 5.74) is -1.56. The number of carbonyl (C=O) groups is 2. The SMILES string of the molecule is O=C(O)C1(C(=O)O)CC2C=CC1CC2. The van der Waals surface area contributed by atoms with Crippen LogP contribution in [0.2, 0.25) is 0 Å². The highest BCUT2D eigenvalue weighted by Gasteiger charge is 2.56. The molecule has 4 nitrogen and oxygen atoms in total. The lowest BCUT2D eigenvalue weighted by atomic mass is 9.59. The molecular weight excluding hydrogens is 184 g/mol. The Kier molecular flexibility index (Phi) is 1.87. The second kappa shape index (κ2) is 2.83. The fourth-order valence-electron chi connectivity index (χ4n) is 2.61. The minimum atomic E-state index is -1.56. The van der Waals surface area contributed by atoms with Gasteiger partial charge >= 0.3 is 11.9 Å².